The molecule has 2 aromatic carbocycles. The second-order valence-corrected chi connectivity index (χ2v) is 7.79. The van der Waals surface area contributed by atoms with E-state index in [1.165, 1.54) is 24.1 Å². The number of hydrogen-bond donors (Lipinski definition) is 3. The Morgan fingerprint density at radius 1 is 1.07 bits per heavy atom. The first-order valence-electron chi connectivity index (χ1n) is 8.78. The van der Waals surface area contributed by atoms with Gasteiger partial charge in [-0.1, -0.05) is 39.7 Å². The zero-order chi connectivity index (χ0) is 20.5. The maximum atomic E-state index is 9.10. The van der Waals surface area contributed by atoms with E-state index in [9.17, 15) is 0 Å². The van der Waals surface area contributed by atoms with Crippen molar-refractivity contribution in [2.75, 3.05) is 18.4 Å². The Labute approximate surface area is 177 Å². The van der Waals surface area contributed by atoms with Gasteiger partial charge in [0.05, 0.1) is 0 Å². The zero-order valence-corrected chi connectivity index (χ0v) is 17.5. The van der Waals surface area contributed by atoms with E-state index in [2.05, 4.69) is 62.5 Å². The van der Waals surface area contributed by atoms with Gasteiger partial charge in [0.2, 0.25) is 0 Å². The highest BCUT2D eigenvalue weighted by Gasteiger charge is 2.19. The highest BCUT2D eigenvalue weighted by Crippen LogP contribution is 2.20. The van der Waals surface area contributed by atoms with Crippen LogP contribution < -0.4 is 5.32 Å². The van der Waals surface area contributed by atoms with Crippen molar-refractivity contribution in [3.63, 3.8) is 0 Å². The van der Waals surface area contributed by atoms with Gasteiger partial charge >= 0.3 is 11.9 Å². The van der Waals surface area contributed by atoms with Crippen molar-refractivity contribution in [3.8, 4) is 0 Å². The molecule has 1 fully saturated rings. The summed E-state index contributed by atoms with van der Waals surface area (Å²) in [4.78, 5) is 20.7. The Bertz CT molecular complexity index is 781. The predicted octanol–water partition coefficient (Wildman–Crippen LogP) is 4.33. The molecule has 150 valence electrons. The van der Waals surface area contributed by atoms with Crippen molar-refractivity contribution in [2.24, 2.45) is 0 Å². The molecule has 0 unspecified atom stereocenters. The lowest BCUT2D eigenvalue weighted by Crippen LogP contribution is -2.38. The van der Waals surface area contributed by atoms with Crippen molar-refractivity contribution in [1.29, 1.82) is 0 Å². The largest absolute Gasteiger partial charge is 0.473 e. The number of benzene rings is 2. The van der Waals surface area contributed by atoms with Gasteiger partial charge in [-0.15, -0.1) is 0 Å². The van der Waals surface area contributed by atoms with Crippen molar-refractivity contribution in [3.05, 3.63) is 63.6 Å². The molecule has 0 aromatic heterocycles. The first-order chi connectivity index (χ1) is 13.3. The summed E-state index contributed by atoms with van der Waals surface area (Å²) in [5.74, 6) is -3.65. The second-order valence-electron chi connectivity index (χ2n) is 6.44. The van der Waals surface area contributed by atoms with Crippen LogP contribution in [-0.4, -0.2) is 46.2 Å². The van der Waals surface area contributed by atoms with Gasteiger partial charge in [-0.05, 0) is 54.8 Å². The summed E-state index contributed by atoms with van der Waals surface area (Å²) < 4.78 is 1.12. The molecule has 8 heteroatoms. The van der Waals surface area contributed by atoms with E-state index in [4.69, 9.17) is 31.4 Å². The van der Waals surface area contributed by atoms with Crippen LogP contribution in [0.15, 0.2) is 53.0 Å². The summed E-state index contributed by atoms with van der Waals surface area (Å²) in [6.07, 6.45) is 2.35. The van der Waals surface area contributed by atoms with Gasteiger partial charge in [-0.2, -0.15) is 0 Å². The average molecular weight is 470 g/mol. The SMILES string of the molecule is Clc1cccc(CN2CCC(Nc3ccc(Br)cc3)CC2)c1.O=C(O)C(=O)O. The molecular weight excluding hydrogens is 448 g/mol. The number of carbonyl (C=O) groups is 2. The summed E-state index contributed by atoms with van der Waals surface area (Å²) in [5, 5.41) is 19.2. The van der Waals surface area contributed by atoms with E-state index in [0.29, 0.717) is 6.04 Å². The Hall–Kier alpha value is -2.09. The van der Waals surface area contributed by atoms with Gasteiger partial charge in [0.15, 0.2) is 0 Å². The minimum Gasteiger partial charge on any atom is -0.473 e. The molecule has 0 aliphatic carbocycles. The lowest BCUT2D eigenvalue weighted by molar-refractivity contribution is -0.159. The smallest absolute Gasteiger partial charge is 0.414 e. The van der Waals surface area contributed by atoms with Crippen molar-refractivity contribution < 1.29 is 19.8 Å². The molecule has 3 rings (SSSR count). The molecule has 1 aliphatic rings. The number of rotatable bonds is 4. The minimum atomic E-state index is -1.82. The van der Waals surface area contributed by atoms with Gasteiger partial charge in [0, 0.05) is 40.9 Å². The van der Waals surface area contributed by atoms with E-state index >= 15 is 0 Å². The first kappa shape index (κ1) is 22.2. The zero-order valence-electron chi connectivity index (χ0n) is 15.1. The molecule has 0 bridgehead atoms. The van der Waals surface area contributed by atoms with Crippen LogP contribution in [0, 0.1) is 0 Å². The summed E-state index contributed by atoms with van der Waals surface area (Å²) in [6.45, 7) is 3.24. The number of carboxylic acid groups (broad SMARTS) is 2. The third kappa shape index (κ3) is 7.88. The number of nitrogens with one attached hydrogen (secondary N) is 1. The monoisotopic (exact) mass is 468 g/mol. The quantitative estimate of drug-likeness (QED) is 0.577. The Morgan fingerprint density at radius 3 is 2.21 bits per heavy atom. The van der Waals surface area contributed by atoms with Crippen LogP contribution in [0.3, 0.4) is 0 Å². The first-order valence-corrected chi connectivity index (χ1v) is 9.95. The molecule has 0 atom stereocenters. The molecule has 0 spiro atoms. The fraction of sp³-hybridized carbons (Fsp3) is 0.300. The Kier molecular flexibility index (Phi) is 8.76. The number of nitrogens with zero attached hydrogens (tertiary/aromatic N) is 1. The van der Waals surface area contributed by atoms with Crippen LogP contribution >= 0.6 is 27.5 Å². The summed E-state index contributed by atoms with van der Waals surface area (Å²) in [7, 11) is 0. The third-order valence-corrected chi connectivity index (χ3v) is 5.04. The van der Waals surface area contributed by atoms with Crippen LogP contribution in [0.1, 0.15) is 18.4 Å². The molecule has 0 radical (unpaired) electrons. The number of hydrogen-bond acceptors (Lipinski definition) is 4. The van der Waals surface area contributed by atoms with Crippen molar-refractivity contribution in [1.82, 2.24) is 4.90 Å². The summed E-state index contributed by atoms with van der Waals surface area (Å²) >= 11 is 9.53. The fourth-order valence-electron chi connectivity index (χ4n) is 2.91. The van der Waals surface area contributed by atoms with Crippen LogP contribution in [0.4, 0.5) is 5.69 Å². The summed E-state index contributed by atoms with van der Waals surface area (Å²) in [5.41, 5.74) is 2.50. The predicted molar refractivity (Wildman–Crippen MR) is 113 cm³/mol. The van der Waals surface area contributed by atoms with Gasteiger partial charge in [0.1, 0.15) is 0 Å². The number of likely N-dealkylation sites (tertiary alicyclic amines) is 1. The maximum absolute atomic E-state index is 9.10. The fourth-order valence-corrected chi connectivity index (χ4v) is 3.39. The van der Waals surface area contributed by atoms with Gasteiger partial charge in [-0.25, -0.2) is 9.59 Å². The lowest BCUT2D eigenvalue weighted by Gasteiger charge is -2.33. The molecule has 1 heterocycles. The molecule has 2 aromatic rings. The highest BCUT2D eigenvalue weighted by molar-refractivity contribution is 9.10. The Balaban J connectivity index is 0.000000409. The number of anilines is 1. The number of carboxylic acids is 2. The Morgan fingerprint density at radius 2 is 1.68 bits per heavy atom. The van der Waals surface area contributed by atoms with Gasteiger partial charge in [0.25, 0.3) is 0 Å². The number of piperidine rings is 1. The van der Waals surface area contributed by atoms with Crippen LogP contribution in [-0.2, 0) is 16.1 Å². The molecule has 28 heavy (non-hydrogen) atoms. The average Bonchev–Trinajstić information content (AvgIpc) is 2.66. The van der Waals surface area contributed by atoms with Crippen molar-refractivity contribution in [2.45, 2.75) is 25.4 Å². The second kappa shape index (κ2) is 11.0. The normalized spacial score (nSPS) is 14.6. The standard InChI is InChI=1S/C18H20BrClN2.C2H2O4/c19-15-4-6-17(7-5-15)21-18-8-10-22(11-9-18)13-14-2-1-3-16(20)12-14;3-1(4)2(5)6/h1-7,12,18,21H,8-11,13H2;(H,3,4)(H,5,6). The van der Waals surface area contributed by atoms with Crippen molar-refractivity contribution >= 4 is 45.2 Å². The maximum Gasteiger partial charge on any atom is 0.414 e. The molecule has 0 saturated carbocycles. The molecule has 1 aliphatic heterocycles. The molecule has 0 amide bonds. The van der Waals surface area contributed by atoms with E-state index < -0.39 is 11.9 Å². The summed E-state index contributed by atoms with van der Waals surface area (Å²) in [6, 6.07) is 17.2. The van der Waals surface area contributed by atoms with E-state index in [-0.39, 0.29) is 0 Å². The van der Waals surface area contributed by atoms with Gasteiger partial charge in [-0.3, -0.25) is 4.90 Å². The lowest BCUT2D eigenvalue weighted by atomic mass is 10.0. The van der Waals surface area contributed by atoms with E-state index in [1.807, 2.05) is 12.1 Å². The van der Waals surface area contributed by atoms with Crippen LogP contribution in [0.25, 0.3) is 0 Å². The molecular formula is C20H22BrClN2O4. The third-order valence-electron chi connectivity index (χ3n) is 4.28. The van der Waals surface area contributed by atoms with E-state index in [0.717, 1.165) is 29.1 Å². The minimum absolute atomic E-state index is 0.566. The van der Waals surface area contributed by atoms with Crippen LogP contribution in [0.5, 0.6) is 0 Å². The molecule has 1 saturated heterocycles. The number of aliphatic carboxylic acids is 2. The van der Waals surface area contributed by atoms with Crippen LogP contribution in [0.2, 0.25) is 5.02 Å². The molecule has 6 nitrogen and oxygen atoms in total. The topological polar surface area (TPSA) is 89.9 Å². The highest BCUT2D eigenvalue weighted by atomic mass is 79.9. The van der Waals surface area contributed by atoms with E-state index in [1.54, 1.807) is 0 Å². The van der Waals surface area contributed by atoms with Gasteiger partial charge < -0.3 is 15.5 Å². The number of halogens is 2. The molecule has 3 N–H and O–H groups in total.